The third kappa shape index (κ3) is 4.58. The van der Waals surface area contributed by atoms with E-state index in [0.717, 1.165) is 11.1 Å². The number of piperidine rings is 1. The fraction of sp³-hybridized carbons (Fsp3) is 0.391. The van der Waals surface area contributed by atoms with Crippen molar-refractivity contribution in [2.45, 2.75) is 32.7 Å². The van der Waals surface area contributed by atoms with Crippen molar-refractivity contribution in [3.63, 3.8) is 0 Å². The summed E-state index contributed by atoms with van der Waals surface area (Å²) in [5.74, 6) is -0.471. The van der Waals surface area contributed by atoms with Gasteiger partial charge in [0.25, 0.3) is 0 Å². The number of carbonyl (C=O) groups is 2. The Hall–Kier alpha value is -2.69. The van der Waals surface area contributed by atoms with Gasteiger partial charge < -0.3 is 9.80 Å². The van der Waals surface area contributed by atoms with Crippen molar-refractivity contribution < 1.29 is 14.0 Å². The van der Waals surface area contributed by atoms with Crippen molar-refractivity contribution in [3.8, 4) is 0 Å². The lowest BCUT2D eigenvalue weighted by molar-refractivity contribution is -0.140. The zero-order valence-corrected chi connectivity index (χ0v) is 16.7. The molecule has 0 spiro atoms. The molecule has 0 bridgehead atoms. The quantitative estimate of drug-likeness (QED) is 0.808. The summed E-state index contributed by atoms with van der Waals surface area (Å²) in [6.45, 7) is 4.81. The highest BCUT2D eigenvalue weighted by Gasteiger charge is 2.35. The van der Waals surface area contributed by atoms with E-state index in [2.05, 4.69) is 0 Å². The van der Waals surface area contributed by atoms with E-state index in [1.807, 2.05) is 36.4 Å². The van der Waals surface area contributed by atoms with Crippen LogP contribution in [0.5, 0.6) is 0 Å². The topological polar surface area (TPSA) is 40.6 Å². The highest BCUT2D eigenvalue weighted by molar-refractivity contribution is 5.81. The lowest BCUT2D eigenvalue weighted by atomic mass is 9.83. The molecule has 0 aliphatic carbocycles. The Bertz CT molecular complexity index is 853. The van der Waals surface area contributed by atoms with E-state index in [4.69, 9.17) is 0 Å². The zero-order chi connectivity index (χ0) is 20.3. The normalized spacial score (nSPS) is 19.4. The fourth-order valence-electron chi connectivity index (χ4n) is 3.95. The summed E-state index contributed by atoms with van der Waals surface area (Å²) in [6.07, 6.45) is 0.660. The molecule has 1 aliphatic rings. The first-order valence-corrected chi connectivity index (χ1v) is 9.65. The molecule has 0 N–H and O–H groups in total. The number of hydrogen-bond donors (Lipinski definition) is 0. The summed E-state index contributed by atoms with van der Waals surface area (Å²) in [5, 5.41) is 0. The predicted molar refractivity (Wildman–Crippen MR) is 107 cm³/mol. The number of likely N-dealkylation sites (tertiary alicyclic amines) is 1. The van der Waals surface area contributed by atoms with Crippen molar-refractivity contribution in [2.75, 3.05) is 20.1 Å². The first-order valence-electron chi connectivity index (χ1n) is 9.65. The van der Waals surface area contributed by atoms with Gasteiger partial charge in [-0.3, -0.25) is 9.59 Å². The summed E-state index contributed by atoms with van der Waals surface area (Å²) in [5.41, 5.74) is 2.64. The van der Waals surface area contributed by atoms with Gasteiger partial charge in [-0.1, -0.05) is 42.5 Å². The SMILES string of the molecule is CC(=O)N1C[C@@H](C(=O)N(C)Cc2ccccc2)C[C@@H](c2ccc(F)c(C)c2)C1. The van der Waals surface area contributed by atoms with E-state index < -0.39 is 0 Å². The summed E-state index contributed by atoms with van der Waals surface area (Å²) in [7, 11) is 1.80. The van der Waals surface area contributed by atoms with Gasteiger partial charge in [0.15, 0.2) is 0 Å². The van der Waals surface area contributed by atoms with Crippen LogP contribution >= 0.6 is 0 Å². The molecule has 148 valence electrons. The number of hydrogen-bond acceptors (Lipinski definition) is 2. The van der Waals surface area contributed by atoms with Gasteiger partial charge in [0.05, 0.1) is 5.92 Å². The maximum atomic E-state index is 13.7. The van der Waals surface area contributed by atoms with E-state index >= 15 is 0 Å². The molecule has 0 radical (unpaired) electrons. The van der Waals surface area contributed by atoms with Gasteiger partial charge in [0.1, 0.15) is 5.82 Å². The van der Waals surface area contributed by atoms with Crippen molar-refractivity contribution in [1.29, 1.82) is 0 Å². The molecule has 2 aromatic carbocycles. The maximum absolute atomic E-state index is 13.7. The molecule has 0 unspecified atom stereocenters. The van der Waals surface area contributed by atoms with Crippen LogP contribution in [0.1, 0.15) is 36.0 Å². The van der Waals surface area contributed by atoms with Gasteiger partial charge in [-0.25, -0.2) is 4.39 Å². The molecule has 28 heavy (non-hydrogen) atoms. The van der Waals surface area contributed by atoms with Gasteiger partial charge in [-0.15, -0.1) is 0 Å². The molecule has 2 aromatic rings. The van der Waals surface area contributed by atoms with Crippen molar-refractivity contribution >= 4 is 11.8 Å². The maximum Gasteiger partial charge on any atom is 0.227 e. The number of benzene rings is 2. The molecule has 0 aromatic heterocycles. The fourth-order valence-corrected chi connectivity index (χ4v) is 3.95. The van der Waals surface area contributed by atoms with Gasteiger partial charge in [0, 0.05) is 39.5 Å². The van der Waals surface area contributed by atoms with Crippen LogP contribution in [0.2, 0.25) is 0 Å². The number of amides is 2. The smallest absolute Gasteiger partial charge is 0.227 e. The lowest BCUT2D eigenvalue weighted by Crippen LogP contribution is -2.47. The third-order valence-corrected chi connectivity index (χ3v) is 5.54. The Morgan fingerprint density at radius 1 is 1.14 bits per heavy atom. The number of rotatable bonds is 4. The molecule has 1 saturated heterocycles. The van der Waals surface area contributed by atoms with Crippen LogP contribution in [-0.4, -0.2) is 41.8 Å². The Balaban J connectivity index is 1.78. The second-order valence-corrected chi connectivity index (χ2v) is 7.74. The van der Waals surface area contributed by atoms with Crippen LogP contribution < -0.4 is 0 Å². The molecule has 1 fully saturated rings. The van der Waals surface area contributed by atoms with Crippen LogP contribution in [0.4, 0.5) is 4.39 Å². The van der Waals surface area contributed by atoms with E-state index in [1.165, 1.54) is 13.0 Å². The summed E-state index contributed by atoms with van der Waals surface area (Å²) in [4.78, 5) is 28.6. The highest BCUT2D eigenvalue weighted by atomic mass is 19.1. The van der Waals surface area contributed by atoms with E-state index in [0.29, 0.717) is 31.6 Å². The number of halogens is 1. The monoisotopic (exact) mass is 382 g/mol. The molecule has 3 rings (SSSR count). The first-order chi connectivity index (χ1) is 13.3. The summed E-state index contributed by atoms with van der Waals surface area (Å²) >= 11 is 0. The third-order valence-electron chi connectivity index (χ3n) is 5.54. The van der Waals surface area contributed by atoms with E-state index in [-0.39, 0.29) is 29.5 Å². The first kappa shape index (κ1) is 20.1. The summed E-state index contributed by atoms with van der Waals surface area (Å²) in [6, 6.07) is 14.9. The van der Waals surface area contributed by atoms with Crippen LogP contribution in [0.3, 0.4) is 0 Å². The summed E-state index contributed by atoms with van der Waals surface area (Å²) < 4.78 is 13.7. The Labute approximate surface area is 166 Å². The van der Waals surface area contributed by atoms with Crippen LogP contribution in [0, 0.1) is 18.7 Å². The molecular weight excluding hydrogens is 355 g/mol. The van der Waals surface area contributed by atoms with Crippen LogP contribution in [-0.2, 0) is 16.1 Å². The zero-order valence-electron chi connectivity index (χ0n) is 16.7. The second kappa shape index (κ2) is 8.55. The second-order valence-electron chi connectivity index (χ2n) is 7.74. The van der Waals surface area contributed by atoms with Gasteiger partial charge in [-0.2, -0.15) is 0 Å². The molecule has 1 heterocycles. The molecule has 0 saturated carbocycles. The van der Waals surface area contributed by atoms with Gasteiger partial charge in [0.2, 0.25) is 11.8 Å². The van der Waals surface area contributed by atoms with Gasteiger partial charge >= 0.3 is 0 Å². The number of carbonyl (C=O) groups excluding carboxylic acids is 2. The number of nitrogens with zero attached hydrogens (tertiary/aromatic N) is 2. The largest absolute Gasteiger partial charge is 0.342 e. The van der Waals surface area contributed by atoms with Crippen LogP contribution in [0.15, 0.2) is 48.5 Å². The average Bonchev–Trinajstić information content (AvgIpc) is 2.69. The molecular formula is C23H27FN2O2. The Morgan fingerprint density at radius 2 is 1.86 bits per heavy atom. The van der Waals surface area contributed by atoms with Crippen molar-refractivity contribution in [1.82, 2.24) is 9.80 Å². The standard InChI is InChI=1S/C23H27FN2O2/c1-16-11-19(9-10-22(16)24)20-12-21(15-26(14-20)17(2)27)23(28)25(3)13-18-7-5-4-6-8-18/h4-11,20-21H,12-15H2,1-3H3/t20-,21+/m1/s1. The van der Waals surface area contributed by atoms with E-state index in [1.54, 1.807) is 29.8 Å². The van der Waals surface area contributed by atoms with Crippen molar-refractivity contribution in [2.24, 2.45) is 5.92 Å². The van der Waals surface area contributed by atoms with E-state index in [9.17, 15) is 14.0 Å². The molecule has 5 heteroatoms. The highest BCUT2D eigenvalue weighted by Crippen LogP contribution is 2.32. The minimum absolute atomic E-state index is 0.0241. The molecule has 1 aliphatic heterocycles. The Kier molecular flexibility index (Phi) is 6.12. The Morgan fingerprint density at radius 3 is 2.50 bits per heavy atom. The predicted octanol–water partition coefficient (Wildman–Crippen LogP) is 3.74. The molecule has 2 atom stereocenters. The van der Waals surface area contributed by atoms with Crippen LogP contribution in [0.25, 0.3) is 0 Å². The minimum atomic E-state index is -0.262. The molecule has 4 nitrogen and oxygen atoms in total. The molecule has 2 amide bonds. The van der Waals surface area contributed by atoms with Crippen molar-refractivity contribution in [3.05, 3.63) is 71.0 Å². The number of aryl methyl sites for hydroxylation is 1. The van der Waals surface area contributed by atoms with Gasteiger partial charge in [-0.05, 0) is 36.1 Å². The average molecular weight is 382 g/mol. The minimum Gasteiger partial charge on any atom is -0.342 e. The lowest BCUT2D eigenvalue weighted by Gasteiger charge is -2.38.